The molecule has 2 rings (SSSR count). The Labute approximate surface area is 126 Å². The van der Waals surface area contributed by atoms with Crippen LogP contribution in [0.5, 0.6) is 0 Å². The second kappa shape index (κ2) is 7.62. The fourth-order valence-electron chi connectivity index (χ4n) is 2.75. The monoisotopic (exact) mass is 297 g/mol. The molecule has 0 atom stereocenters. The van der Waals surface area contributed by atoms with Crippen LogP contribution in [0.15, 0.2) is 0 Å². The van der Waals surface area contributed by atoms with Gasteiger partial charge < -0.3 is 10.6 Å². The van der Waals surface area contributed by atoms with Gasteiger partial charge in [-0.3, -0.25) is 0 Å². The maximum absolute atomic E-state index is 5.90. The number of rotatable bonds is 6. The minimum Gasteiger partial charge on any atom is -0.354 e. The first-order valence-electron chi connectivity index (χ1n) is 7.60. The van der Waals surface area contributed by atoms with Gasteiger partial charge in [0.2, 0.25) is 17.2 Å². The molecule has 112 valence electrons. The van der Waals surface area contributed by atoms with Crippen LogP contribution in [-0.4, -0.2) is 28.0 Å². The van der Waals surface area contributed by atoms with Crippen LogP contribution >= 0.6 is 11.6 Å². The van der Waals surface area contributed by atoms with E-state index in [2.05, 4.69) is 32.5 Å². The van der Waals surface area contributed by atoms with Crippen LogP contribution in [0.25, 0.3) is 0 Å². The molecule has 1 aliphatic rings. The highest BCUT2D eigenvalue weighted by Crippen LogP contribution is 2.30. The van der Waals surface area contributed by atoms with Crippen molar-refractivity contribution in [3.8, 4) is 0 Å². The molecule has 1 aromatic heterocycles. The van der Waals surface area contributed by atoms with Gasteiger partial charge in [0.15, 0.2) is 0 Å². The minimum absolute atomic E-state index is 0.230. The first kappa shape index (κ1) is 15.3. The van der Waals surface area contributed by atoms with Crippen molar-refractivity contribution in [2.75, 3.05) is 23.7 Å². The third-order valence-electron chi connectivity index (χ3n) is 4.04. The molecule has 0 spiro atoms. The summed E-state index contributed by atoms with van der Waals surface area (Å²) in [5, 5.41) is 6.58. The van der Waals surface area contributed by atoms with E-state index < -0.39 is 0 Å². The lowest BCUT2D eigenvalue weighted by atomic mass is 9.81. The Balaban J connectivity index is 1.84. The number of hydrogen-bond acceptors (Lipinski definition) is 5. The summed E-state index contributed by atoms with van der Waals surface area (Å²) < 4.78 is 0. The molecule has 1 fully saturated rings. The molecule has 0 aliphatic heterocycles. The molecule has 0 bridgehead atoms. The molecule has 0 radical (unpaired) electrons. The lowest BCUT2D eigenvalue weighted by Crippen LogP contribution is -2.22. The van der Waals surface area contributed by atoms with Crippen molar-refractivity contribution in [3.05, 3.63) is 5.28 Å². The van der Waals surface area contributed by atoms with Gasteiger partial charge in [0.05, 0.1) is 0 Å². The van der Waals surface area contributed by atoms with Crippen LogP contribution in [0.3, 0.4) is 0 Å². The second-order valence-corrected chi connectivity index (χ2v) is 5.80. The van der Waals surface area contributed by atoms with Crippen molar-refractivity contribution >= 4 is 23.5 Å². The number of nitrogens with one attached hydrogen (secondary N) is 2. The largest absolute Gasteiger partial charge is 0.354 e. The molecule has 1 aromatic rings. The number of hydrogen-bond donors (Lipinski definition) is 2. The maximum atomic E-state index is 5.90. The van der Waals surface area contributed by atoms with E-state index in [1.54, 1.807) is 0 Å². The third-order valence-corrected chi connectivity index (χ3v) is 4.20. The van der Waals surface area contributed by atoms with E-state index in [0.29, 0.717) is 11.9 Å². The number of aromatic nitrogens is 3. The summed E-state index contributed by atoms with van der Waals surface area (Å²) in [6.07, 6.45) is 6.61. The standard InChI is InChI=1S/C14H24ClN5/c1-3-10-5-7-11(8-6-10)9-17-14-19-12(15)18-13(20-14)16-4-2/h10-11H,3-9H2,1-2H3,(H2,16,17,18,19,20). The molecular weight excluding hydrogens is 274 g/mol. The summed E-state index contributed by atoms with van der Waals surface area (Å²) in [6, 6.07) is 0. The smallest absolute Gasteiger partial charge is 0.228 e. The zero-order chi connectivity index (χ0) is 14.4. The summed E-state index contributed by atoms with van der Waals surface area (Å²) in [5.74, 6) is 2.75. The van der Waals surface area contributed by atoms with E-state index in [1.807, 2.05) is 6.92 Å². The SMILES string of the molecule is CCNc1nc(Cl)nc(NCC2CCC(CC)CC2)n1. The zero-order valence-corrected chi connectivity index (χ0v) is 13.1. The van der Waals surface area contributed by atoms with Gasteiger partial charge in [0, 0.05) is 13.1 Å². The van der Waals surface area contributed by atoms with Crippen molar-refractivity contribution in [2.45, 2.75) is 46.0 Å². The average Bonchev–Trinajstić information content (AvgIpc) is 2.45. The highest BCUT2D eigenvalue weighted by Gasteiger charge is 2.20. The fourth-order valence-corrected chi connectivity index (χ4v) is 2.91. The Morgan fingerprint density at radius 3 is 2.15 bits per heavy atom. The minimum atomic E-state index is 0.230. The van der Waals surface area contributed by atoms with Crippen molar-refractivity contribution in [3.63, 3.8) is 0 Å². The quantitative estimate of drug-likeness (QED) is 0.840. The summed E-state index contributed by atoms with van der Waals surface area (Å²) in [6.45, 7) is 5.97. The Morgan fingerprint density at radius 1 is 0.950 bits per heavy atom. The van der Waals surface area contributed by atoms with Gasteiger partial charge in [-0.2, -0.15) is 15.0 Å². The average molecular weight is 298 g/mol. The van der Waals surface area contributed by atoms with Crippen molar-refractivity contribution in [1.82, 2.24) is 15.0 Å². The number of halogens is 1. The van der Waals surface area contributed by atoms with E-state index in [0.717, 1.165) is 24.9 Å². The molecule has 20 heavy (non-hydrogen) atoms. The predicted molar refractivity (Wildman–Crippen MR) is 83.2 cm³/mol. The van der Waals surface area contributed by atoms with Crippen LogP contribution in [0, 0.1) is 11.8 Å². The molecule has 6 heteroatoms. The highest BCUT2D eigenvalue weighted by molar-refractivity contribution is 6.28. The van der Waals surface area contributed by atoms with Gasteiger partial charge in [-0.25, -0.2) is 0 Å². The van der Waals surface area contributed by atoms with Crippen LogP contribution in [-0.2, 0) is 0 Å². The van der Waals surface area contributed by atoms with E-state index in [1.165, 1.54) is 32.1 Å². The predicted octanol–water partition coefficient (Wildman–Crippen LogP) is 3.59. The van der Waals surface area contributed by atoms with Crippen molar-refractivity contribution in [2.24, 2.45) is 11.8 Å². The normalized spacial score (nSPS) is 22.6. The van der Waals surface area contributed by atoms with Crippen LogP contribution in [0.2, 0.25) is 5.28 Å². The van der Waals surface area contributed by atoms with Gasteiger partial charge in [-0.1, -0.05) is 26.2 Å². The number of nitrogens with zero attached hydrogens (tertiary/aromatic N) is 3. The van der Waals surface area contributed by atoms with Gasteiger partial charge in [-0.05, 0) is 43.2 Å². The molecule has 0 amide bonds. The zero-order valence-electron chi connectivity index (χ0n) is 12.3. The molecule has 1 aliphatic carbocycles. The molecule has 5 nitrogen and oxygen atoms in total. The Morgan fingerprint density at radius 2 is 1.55 bits per heavy atom. The van der Waals surface area contributed by atoms with E-state index in [4.69, 9.17) is 11.6 Å². The van der Waals surface area contributed by atoms with Crippen molar-refractivity contribution in [1.29, 1.82) is 0 Å². The molecule has 0 saturated heterocycles. The lowest BCUT2D eigenvalue weighted by molar-refractivity contribution is 0.278. The fraction of sp³-hybridized carbons (Fsp3) is 0.786. The lowest BCUT2D eigenvalue weighted by Gasteiger charge is -2.27. The first-order valence-corrected chi connectivity index (χ1v) is 7.98. The summed E-state index contributed by atoms with van der Waals surface area (Å²) in [4.78, 5) is 12.5. The van der Waals surface area contributed by atoms with Gasteiger partial charge in [-0.15, -0.1) is 0 Å². The molecular formula is C14H24ClN5. The van der Waals surface area contributed by atoms with Gasteiger partial charge in [0.25, 0.3) is 0 Å². The topological polar surface area (TPSA) is 62.7 Å². The van der Waals surface area contributed by atoms with E-state index in [9.17, 15) is 0 Å². The summed E-state index contributed by atoms with van der Waals surface area (Å²) in [7, 11) is 0. The second-order valence-electron chi connectivity index (χ2n) is 5.46. The Hall–Kier alpha value is -1.10. The highest BCUT2D eigenvalue weighted by atomic mass is 35.5. The van der Waals surface area contributed by atoms with E-state index >= 15 is 0 Å². The molecule has 2 N–H and O–H groups in total. The van der Waals surface area contributed by atoms with E-state index in [-0.39, 0.29) is 5.28 Å². The van der Waals surface area contributed by atoms with Crippen LogP contribution in [0.4, 0.5) is 11.9 Å². The van der Waals surface area contributed by atoms with Crippen LogP contribution in [0.1, 0.15) is 46.0 Å². The molecule has 0 aromatic carbocycles. The molecule has 0 unspecified atom stereocenters. The number of anilines is 2. The van der Waals surface area contributed by atoms with Gasteiger partial charge in [0.1, 0.15) is 0 Å². The Bertz CT molecular complexity index is 418. The third kappa shape index (κ3) is 4.47. The van der Waals surface area contributed by atoms with Crippen LogP contribution < -0.4 is 10.6 Å². The Kier molecular flexibility index (Phi) is 5.83. The molecule has 1 heterocycles. The summed E-state index contributed by atoms with van der Waals surface area (Å²) in [5.41, 5.74) is 0. The molecule has 1 saturated carbocycles. The first-order chi connectivity index (χ1) is 9.71. The van der Waals surface area contributed by atoms with Gasteiger partial charge >= 0.3 is 0 Å². The maximum Gasteiger partial charge on any atom is 0.228 e. The summed E-state index contributed by atoms with van der Waals surface area (Å²) >= 11 is 5.90. The van der Waals surface area contributed by atoms with Crippen molar-refractivity contribution < 1.29 is 0 Å².